The van der Waals surface area contributed by atoms with E-state index >= 15 is 0 Å². The van der Waals surface area contributed by atoms with E-state index in [4.69, 9.17) is 0 Å². The summed E-state index contributed by atoms with van der Waals surface area (Å²) in [4.78, 5) is 2.51. The molecule has 2 rings (SSSR count). The van der Waals surface area contributed by atoms with Gasteiger partial charge in [-0.1, -0.05) is 0 Å². The molecule has 0 radical (unpaired) electrons. The first-order valence-corrected chi connectivity index (χ1v) is 6.29. The number of rotatable bonds is 1. The molecule has 1 aromatic rings. The van der Waals surface area contributed by atoms with Crippen molar-refractivity contribution >= 4 is 25.1 Å². The summed E-state index contributed by atoms with van der Waals surface area (Å²) < 4.78 is 1.61. The summed E-state index contributed by atoms with van der Waals surface area (Å²) in [6, 6.07) is 8.88. The standard InChI is InChI=1S/C10H13NSe/c1-3-11-8(2)12-10-7-5-4-6-9(10)11/h4-8H,3H2,1-2H3/p+1. The van der Waals surface area contributed by atoms with Crippen LogP contribution in [0.1, 0.15) is 13.8 Å². The van der Waals surface area contributed by atoms with E-state index in [1.807, 2.05) is 0 Å². The van der Waals surface area contributed by atoms with Crippen LogP contribution in [-0.4, -0.2) is 26.4 Å². The fraction of sp³-hybridized carbons (Fsp3) is 0.400. The van der Waals surface area contributed by atoms with Crippen LogP contribution in [0.3, 0.4) is 0 Å². The van der Waals surface area contributed by atoms with Gasteiger partial charge in [-0.05, 0) is 0 Å². The minimum atomic E-state index is 0.696. The number of nitrogens with one attached hydrogen (secondary N) is 1. The Balaban J connectivity index is 2.40. The van der Waals surface area contributed by atoms with Crippen molar-refractivity contribution < 1.29 is 4.90 Å². The Morgan fingerprint density at radius 2 is 2.17 bits per heavy atom. The van der Waals surface area contributed by atoms with Crippen LogP contribution in [0.15, 0.2) is 24.3 Å². The topological polar surface area (TPSA) is 4.44 Å². The minimum absolute atomic E-state index is 0.696. The molecule has 1 aromatic carbocycles. The van der Waals surface area contributed by atoms with E-state index in [0.29, 0.717) is 15.0 Å². The molecule has 2 heteroatoms. The molecule has 12 heavy (non-hydrogen) atoms. The molecule has 2 atom stereocenters. The van der Waals surface area contributed by atoms with E-state index in [9.17, 15) is 0 Å². The maximum absolute atomic E-state index is 2.36. The van der Waals surface area contributed by atoms with Crippen molar-refractivity contribution in [3.8, 4) is 0 Å². The van der Waals surface area contributed by atoms with Gasteiger partial charge in [-0.3, -0.25) is 0 Å². The Kier molecular flexibility index (Phi) is 2.22. The molecule has 1 heterocycles. The summed E-state index contributed by atoms with van der Waals surface area (Å²) in [6.45, 7) is 5.85. The zero-order chi connectivity index (χ0) is 8.55. The Hall–Kier alpha value is -0.301. The van der Waals surface area contributed by atoms with Crippen LogP contribution in [0.25, 0.3) is 0 Å². The molecule has 1 N–H and O–H groups in total. The van der Waals surface area contributed by atoms with Crippen molar-refractivity contribution in [3.63, 3.8) is 0 Å². The molecule has 0 fully saturated rings. The maximum atomic E-state index is 2.36. The zero-order valence-corrected chi connectivity index (χ0v) is 9.22. The average molecular weight is 227 g/mol. The predicted octanol–water partition coefficient (Wildman–Crippen LogP) is -0.0880. The second-order valence-electron chi connectivity index (χ2n) is 3.14. The number of hydrogen-bond donors (Lipinski definition) is 1. The van der Waals surface area contributed by atoms with Crippen LogP contribution >= 0.6 is 0 Å². The third-order valence-corrected chi connectivity index (χ3v) is 5.03. The van der Waals surface area contributed by atoms with Gasteiger partial charge in [0.2, 0.25) is 0 Å². The molecule has 0 amide bonds. The zero-order valence-electron chi connectivity index (χ0n) is 7.50. The summed E-state index contributed by atoms with van der Waals surface area (Å²) in [6.07, 6.45) is 0. The first-order chi connectivity index (χ1) is 5.83. The van der Waals surface area contributed by atoms with Gasteiger partial charge in [-0.2, -0.15) is 0 Å². The van der Waals surface area contributed by atoms with E-state index in [-0.39, 0.29) is 0 Å². The number of quaternary nitrogens is 1. The fourth-order valence-electron chi connectivity index (χ4n) is 1.79. The van der Waals surface area contributed by atoms with Gasteiger partial charge in [-0.25, -0.2) is 0 Å². The molecule has 2 unspecified atom stereocenters. The van der Waals surface area contributed by atoms with Crippen molar-refractivity contribution in [2.75, 3.05) is 6.54 Å². The summed E-state index contributed by atoms with van der Waals surface area (Å²) in [5, 5.41) is 0. The van der Waals surface area contributed by atoms with E-state index in [1.165, 1.54) is 6.54 Å². The van der Waals surface area contributed by atoms with E-state index in [2.05, 4.69) is 38.1 Å². The van der Waals surface area contributed by atoms with Gasteiger partial charge in [0, 0.05) is 0 Å². The number of benzene rings is 1. The van der Waals surface area contributed by atoms with Crippen LogP contribution in [0, 0.1) is 0 Å². The van der Waals surface area contributed by atoms with Gasteiger partial charge >= 0.3 is 79.6 Å². The molecule has 1 aliphatic heterocycles. The second kappa shape index (κ2) is 3.21. The Morgan fingerprint density at radius 3 is 2.92 bits per heavy atom. The van der Waals surface area contributed by atoms with Crippen molar-refractivity contribution in [2.45, 2.75) is 18.8 Å². The summed E-state index contributed by atoms with van der Waals surface area (Å²) >= 11 is 0.696. The molecule has 0 aliphatic carbocycles. The van der Waals surface area contributed by atoms with Crippen molar-refractivity contribution in [2.24, 2.45) is 0 Å². The van der Waals surface area contributed by atoms with Crippen molar-refractivity contribution in [1.29, 1.82) is 0 Å². The molecular weight excluding hydrogens is 213 g/mol. The normalized spacial score (nSPS) is 27.2. The van der Waals surface area contributed by atoms with E-state index < -0.39 is 0 Å². The van der Waals surface area contributed by atoms with Crippen LogP contribution in [0.4, 0.5) is 5.69 Å². The Bertz CT molecular complexity index is 285. The van der Waals surface area contributed by atoms with Gasteiger partial charge in [0.05, 0.1) is 0 Å². The first-order valence-electron chi connectivity index (χ1n) is 4.44. The predicted molar refractivity (Wildman–Crippen MR) is 52.5 cm³/mol. The van der Waals surface area contributed by atoms with Gasteiger partial charge < -0.3 is 0 Å². The number of fused-ring (bicyclic) bond motifs is 1. The quantitative estimate of drug-likeness (QED) is 0.640. The molecule has 1 nitrogen and oxygen atoms in total. The van der Waals surface area contributed by atoms with Crippen LogP contribution in [0.2, 0.25) is 0 Å². The second-order valence-corrected chi connectivity index (χ2v) is 6.04. The SMILES string of the molecule is CC[NH+]1c2ccccc2[Se]C1C. The molecule has 0 saturated carbocycles. The molecule has 0 spiro atoms. The average Bonchev–Trinajstić information content (AvgIpc) is 2.40. The third-order valence-electron chi connectivity index (χ3n) is 2.41. The first kappa shape index (κ1) is 8.30. The molecule has 0 aromatic heterocycles. The van der Waals surface area contributed by atoms with Gasteiger partial charge in [-0.15, -0.1) is 0 Å². The number of hydrogen-bond acceptors (Lipinski definition) is 0. The molecule has 1 aliphatic rings. The van der Waals surface area contributed by atoms with Crippen LogP contribution in [-0.2, 0) is 0 Å². The van der Waals surface area contributed by atoms with E-state index in [1.54, 1.807) is 15.0 Å². The van der Waals surface area contributed by atoms with Crippen molar-refractivity contribution in [3.05, 3.63) is 24.3 Å². The molecular formula is C10H14NSe+. The monoisotopic (exact) mass is 228 g/mol. The van der Waals surface area contributed by atoms with Gasteiger partial charge in [0.1, 0.15) is 0 Å². The fourth-order valence-corrected chi connectivity index (χ4v) is 4.52. The summed E-state index contributed by atoms with van der Waals surface area (Å²) in [7, 11) is 0. The van der Waals surface area contributed by atoms with Crippen molar-refractivity contribution in [1.82, 2.24) is 0 Å². The van der Waals surface area contributed by atoms with Gasteiger partial charge in [0.15, 0.2) is 0 Å². The van der Waals surface area contributed by atoms with Crippen LogP contribution in [0.5, 0.6) is 0 Å². The van der Waals surface area contributed by atoms with E-state index in [0.717, 1.165) is 4.94 Å². The third kappa shape index (κ3) is 1.20. The Labute approximate surface area is 79.9 Å². The van der Waals surface area contributed by atoms with Gasteiger partial charge in [0.25, 0.3) is 0 Å². The summed E-state index contributed by atoms with van der Waals surface area (Å²) in [5.41, 5.74) is 1.55. The molecule has 0 saturated heterocycles. The summed E-state index contributed by atoms with van der Waals surface area (Å²) in [5.74, 6) is 0. The molecule has 64 valence electrons. The van der Waals surface area contributed by atoms with Crippen LogP contribution < -0.4 is 9.36 Å². The molecule has 0 bridgehead atoms. The Morgan fingerprint density at radius 1 is 1.42 bits per heavy atom. The number of para-hydroxylation sites is 1.